The van der Waals surface area contributed by atoms with Crippen LogP contribution in [0.1, 0.15) is 36.8 Å². The Morgan fingerprint density at radius 1 is 1.26 bits per heavy atom. The fourth-order valence-corrected chi connectivity index (χ4v) is 5.52. The first-order valence-corrected chi connectivity index (χ1v) is 10.1. The van der Waals surface area contributed by atoms with Gasteiger partial charge in [-0.15, -0.1) is 0 Å². The van der Waals surface area contributed by atoms with Gasteiger partial charge in [0.05, 0.1) is 0 Å². The first-order chi connectivity index (χ1) is 13.1. The number of nitrogens with zero attached hydrogens (tertiary/aromatic N) is 2. The van der Waals surface area contributed by atoms with Crippen molar-refractivity contribution >= 4 is 22.8 Å². The SMILES string of the molecule is CCCN1C[C@H](CN2CC(=O)NC2=O)C[C@@H]2c3cccc4[nH]cc(c34)C[C@H]21. The summed E-state index contributed by atoms with van der Waals surface area (Å²) in [4.78, 5) is 31.3. The summed E-state index contributed by atoms with van der Waals surface area (Å²) in [6.45, 7) is 5.18. The molecule has 0 radical (unpaired) electrons. The molecule has 1 aliphatic carbocycles. The number of amides is 3. The van der Waals surface area contributed by atoms with Crippen LogP contribution >= 0.6 is 0 Å². The van der Waals surface area contributed by atoms with Crippen LogP contribution in [0.5, 0.6) is 0 Å². The maximum atomic E-state index is 12.0. The van der Waals surface area contributed by atoms with E-state index in [1.807, 2.05) is 0 Å². The number of H-pyrrole nitrogens is 1. The largest absolute Gasteiger partial charge is 0.361 e. The molecule has 2 saturated heterocycles. The number of nitrogens with one attached hydrogen (secondary N) is 2. The van der Waals surface area contributed by atoms with E-state index in [4.69, 9.17) is 0 Å². The molecule has 27 heavy (non-hydrogen) atoms. The highest BCUT2D eigenvalue weighted by atomic mass is 16.2. The Kier molecular flexibility index (Phi) is 3.97. The molecule has 1 aromatic heterocycles. The van der Waals surface area contributed by atoms with Crippen molar-refractivity contribution in [3.8, 4) is 0 Å². The summed E-state index contributed by atoms with van der Waals surface area (Å²) in [5, 5.41) is 3.81. The van der Waals surface area contributed by atoms with Crippen molar-refractivity contribution in [2.75, 3.05) is 26.2 Å². The Morgan fingerprint density at radius 2 is 2.15 bits per heavy atom. The quantitative estimate of drug-likeness (QED) is 0.817. The molecule has 0 saturated carbocycles. The summed E-state index contributed by atoms with van der Waals surface area (Å²) in [6, 6.07) is 6.90. The summed E-state index contributed by atoms with van der Waals surface area (Å²) in [7, 11) is 0. The van der Waals surface area contributed by atoms with Crippen LogP contribution in [0.2, 0.25) is 0 Å². The zero-order valence-corrected chi connectivity index (χ0v) is 15.7. The summed E-state index contributed by atoms with van der Waals surface area (Å²) in [5.74, 6) is 0.701. The van der Waals surface area contributed by atoms with Gasteiger partial charge in [0.1, 0.15) is 6.54 Å². The number of aromatic amines is 1. The van der Waals surface area contributed by atoms with Crippen LogP contribution in [0.4, 0.5) is 4.79 Å². The van der Waals surface area contributed by atoms with E-state index in [-0.39, 0.29) is 18.5 Å². The number of hydrogen-bond donors (Lipinski definition) is 2. The van der Waals surface area contributed by atoms with Crippen LogP contribution < -0.4 is 5.32 Å². The molecule has 6 nitrogen and oxygen atoms in total. The molecular formula is C21H26N4O2. The molecule has 1 aromatic carbocycles. The van der Waals surface area contributed by atoms with Gasteiger partial charge in [-0.1, -0.05) is 19.1 Å². The molecule has 5 rings (SSSR count). The average molecular weight is 366 g/mol. The maximum Gasteiger partial charge on any atom is 0.324 e. The van der Waals surface area contributed by atoms with E-state index in [1.54, 1.807) is 4.90 Å². The molecule has 3 heterocycles. The fraction of sp³-hybridized carbons (Fsp3) is 0.524. The lowest BCUT2D eigenvalue weighted by Crippen LogP contribution is -2.52. The highest BCUT2D eigenvalue weighted by Crippen LogP contribution is 2.44. The number of carbonyl (C=O) groups is 2. The van der Waals surface area contributed by atoms with Crippen molar-refractivity contribution in [1.82, 2.24) is 20.1 Å². The number of piperidine rings is 1. The number of urea groups is 1. The standard InChI is InChI=1S/C21H26N4O2/c1-2-6-24-10-13(11-25-12-19(26)23-21(25)27)7-16-15-4-3-5-17-20(15)14(9-22-17)8-18(16)24/h3-5,9,13,16,18,22H,2,6-8,10-12H2,1H3,(H,23,26,27)/t13-,16-,18-/m1/s1. The second kappa shape index (κ2) is 6.37. The molecule has 6 heteroatoms. The van der Waals surface area contributed by atoms with Gasteiger partial charge >= 0.3 is 6.03 Å². The van der Waals surface area contributed by atoms with Crippen molar-refractivity contribution in [2.24, 2.45) is 5.92 Å². The van der Waals surface area contributed by atoms with Crippen LogP contribution in [0, 0.1) is 5.92 Å². The number of fused-ring (bicyclic) bond motifs is 2. The first kappa shape index (κ1) is 16.8. The first-order valence-electron chi connectivity index (χ1n) is 10.1. The minimum Gasteiger partial charge on any atom is -0.361 e. The maximum absolute atomic E-state index is 12.0. The lowest BCUT2D eigenvalue weighted by atomic mass is 9.72. The predicted octanol–water partition coefficient (Wildman–Crippen LogP) is 2.46. The van der Waals surface area contributed by atoms with Crippen molar-refractivity contribution in [1.29, 1.82) is 0 Å². The van der Waals surface area contributed by atoms with Gasteiger partial charge in [-0.3, -0.25) is 15.0 Å². The summed E-state index contributed by atoms with van der Waals surface area (Å²) in [6.07, 6.45) is 5.48. The van der Waals surface area contributed by atoms with Crippen LogP contribution in [-0.4, -0.2) is 58.9 Å². The van der Waals surface area contributed by atoms with Gasteiger partial charge in [-0.25, -0.2) is 4.79 Å². The van der Waals surface area contributed by atoms with E-state index in [1.165, 1.54) is 22.0 Å². The van der Waals surface area contributed by atoms with Crippen molar-refractivity contribution in [3.63, 3.8) is 0 Å². The summed E-state index contributed by atoms with van der Waals surface area (Å²) < 4.78 is 0. The van der Waals surface area contributed by atoms with Gasteiger partial charge in [-0.05, 0) is 48.9 Å². The molecule has 3 aliphatic rings. The van der Waals surface area contributed by atoms with Gasteiger partial charge in [0.15, 0.2) is 0 Å². The minimum atomic E-state index is -0.233. The van der Waals surface area contributed by atoms with Crippen molar-refractivity contribution in [2.45, 2.75) is 38.1 Å². The second-order valence-corrected chi connectivity index (χ2v) is 8.29. The molecule has 0 unspecified atom stereocenters. The molecule has 2 aliphatic heterocycles. The number of carbonyl (C=O) groups excluding carboxylic acids is 2. The second-order valence-electron chi connectivity index (χ2n) is 8.29. The fourth-order valence-electron chi connectivity index (χ4n) is 5.52. The van der Waals surface area contributed by atoms with E-state index in [2.05, 4.69) is 46.5 Å². The third-order valence-corrected chi connectivity index (χ3v) is 6.52. The van der Waals surface area contributed by atoms with E-state index in [0.717, 1.165) is 32.4 Å². The van der Waals surface area contributed by atoms with E-state index in [0.29, 0.717) is 24.4 Å². The predicted molar refractivity (Wildman–Crippen MR) is 104 cm³/mol. The lowest BCUT2D eigenvalue weighted by Gasteiger charge is -2.47. The molecule has 3 amide bonds. The van der Waals surface area contributed by atoms with Crippen LogP contribution in [-0.2, 0) is 11.2 Å². The van der Waals surface area contributed by atoms with Crippen LogP contribution in [0.15, 0.2) is 24.4 Å². The molecule has 0 spiro atoms. The third-order valence-electron chi connectivity index (χ3n) is 6.52. The van der Waals surface area contributed by atoms with Crippen LogP contribution in [0.3, 0.4) is 0 Å². The highest BCUT2D eigenvalue weighted by Gasteiger charge is 2.41. The number of hydrogen-bond acceptors (Lipinski definition) is 3. The Morgan fingerprint density at radius 3 is 2.93 bits per heavy atom. The summed E-state index contributed by atoms with van der Waals surface area (Å²) in [5.41, 5.74) is 4.12. The van der Waals surface area contributed by atoms with E-state index < -0.39 is 0 Å². The lowest BCUT2D eigenvalue weighted by molar-refractivity contribution is -0.118. The monoisotopic (exact) mass is 366 g/mol. The number of imide groups is 1. The van der Waals surface area contributed by atoms with E-state index in [9.17, 15) is 9.59 Å². The van der Waals surface area contributed by atoms with Gasteiger partial charge in [0.2, 0.25) is 5.91 Å². The third kappa shape index (κ3) is 2.74. The smallest absolute Gasteiger partial charge is 0.324 e. The molecule has 2 N–H and O–H groups in total. The Bertz CT molecular complexity index is 905. The topological polar surface area (TPSA) is 68.4 Å². The Labute approximate surface area is 158 Å². The Hall–Kier alpha value is -2.34. The molecule has 2 fully saturated rings. The van der Waals surface area contributed by atoms with E-state index >= 15 is 0 Å². The van der Waals surface area contributed by atoms with Crippen molar-refractivity contribution in [3.05, 3.63) is 35.5 Å². The summed E-state index contributed by atoms with van der Waals surface area (Å²) >= 11 is 0. The molecule has 0 bridgehead atoms. The minimum absolute atomic E-state index is 0.182. The number of rotatable bonds is 4. The average Bonchev–Trinajstić information content (AvgIpc) is 3.20. The van der Waals surface area contributed by atoms with Crippen LogP contribution in [0.25, 0.3) is 10.9 Å². The number of likely N-dealkylation sites (tertiary alicyclic amines) is 1. The Balaban J connectivity index is 1.46. The van der Waals surface area contributed by atoms with Gasteiger partial charge in [-0.2, -0.15) is 0 Å². The van der Waals surface area contributed by atoms with Gasteiger partial charge < -0.3 is 9.88 Å². The normalized spacial score (nSPS) is 27.9. The number of aromatic nitrogens is 1. The van der Waals surface area contributed by atoms with Crippen molar-refractivity contribution < 1.29 is 9.59 Å². The van der Waals surface area contributed by atoms with Gasteiger partial charge in [0.25, 0.3) is 0 Å². The molecule has 142 valence electrons. The molecule has 2 aromatic rings. The zero-order valence-electron chi connectivity index (χ0n) is 15.7. The molecular weight excluding hydrogens is 340 g/mol. The number of benzene rings is 1. The molecule has 3 atom stereocenters. The van der Waals surface area contributed by atoms with Gasteiger partial charge in [0, 0.05) is 42.1 Å². The zero-order chi connectivity index (χ0) is 18.5. The highest BCUT2D eigenvalue weighted by molar-refractivity contribution is 6.01.